The van der Waals surface area contributed by atoms with Crippen LogP contribution < -0.4 is 0 Å². The van der Waals surface area contributed by atoms with Crippen molar-refractivity contribution in [3.63, 3.8) is 0 Å². The number of nitrogens with zero attached hydrogens (tertiary/aromatic N) is 1. The van der Waals surface area contributed by atoms with Gasteiger partial charge < -0.3 is 10.2 Å². The standard InChI is InChI=1S/C17H14N2O/c20-19-16(13-6-2-1-3-7-13)11-10-14-12-18-17-9-5-4-8-15(14)17/h1-12,18,20H/b11-10+,19-16?. The average molecular weight is 262 g/mol. The van der Waals surface area contributed by atoms with E-state index in [9.17, 15) is 0 Å². The lowest BCUT2D eigenvalue weighted by Gasteiger charge is -1.98. The number of rotatable bonds is 3. The van der Waals surface area contributed by atoms with Gasteiger partial charge in [0.25, 0.3) is 0 Å². The molecule has 3 rings (SSSR count). The van der Waals surface area contributed by atoms with Crippen LogP contribution in [0.15, 0.2) is 72.0 Å². The highest BCUT2D eigenvalue weighted by Gasteiger charge is 2.02. The second-order valence-electron chi connectivity index (χ2n) is 4.47. The molecule has 0 spiro atoms. The molecule has 0 aliphatic heterocycles. The lowest BCUT2D eigenvalue weighted by atomic mass is 10.1. The second-order valence-corrected chi connectivity index (χ2v) is 4.47. The van der Waals surface area contributed by atoms with E-state index in [2.05, 4.69) is 16.2 Å². The van der Waals surface area contributed by atoms with E-state index in [1.807, 2.05) is 66.9 Å². The van der Waals surface area contributed by atoms with Crippen molar-refractivity contribution in [3.8, 4) is 0 Å². The number of benzene rings is 2. The first-order valence-corrected chi connectivity index (χ1v) is 6.40. The van der Waals surface area contributed by atoms with Crippen molar-refractivity contribution in [2.45, 2.75) is 0 Å². The molecule has 0 aliphatic rings. The summed E-state index contributed by atoms with van der Waals surface area (Å²) in [5, 5.41) is 13.7. The smallest absolute Gasteiger partial charge is 0.109 e. The number of allylic oxidation sites excluding steroid dienone is 1. The number of para-hydroxylation sites is 1. The van der Waals surface area contributed by atoms with E-state index in [0.717, 1.165) is 22.0 Å². The summed E-state index contributed by atoms with van der Waals surface area (Å²) in [6.45, 7) is 0. The number of hydrogen-bond acceptors (Lipinski definition) is 2. The molecule has 2 aromatic carbocycles. The number of oxime groups is 1. The van der Waals surface area contributed by atoms with Gasteiger partial charge in [-0.25, -0.2) is 0 Å². The first-order chi connectivity index (χ1) is 9.88. The van der Waals surface area contributed by atoms with Gasteiger partial charge >= 0.3 is 0 Å². The lowest BCUT2D eigenvalue weighted by Crippen LogP contribution is -1.95. The normalized spacial score (nSPS) is 12.3. The molecule has 0 radical (unpaired) electrons. The van der Waals surface area contributed by atoms with Crippen LogP contribution in [0.5, 0.6) is 0 Å². The van der Waals surface area contributed by atoms with Gasteiger partial charge in [0.2, 0.25) is 0 Å². The molecule has 0 atom stereocenters. The number of fused-ring (bicyclic) bond motifs is 1. The van der Waals surface area contributed by atoms with Crippen LogP contribution in [-0.4, -0.2) is 15.9 Å². The van der Waals surface area contributed by atoms with Crippen LogP contribution in [-0.2, 0) is 0 Å². The van der Waals surface area contributed by atoms with Gasteiger partial charge in [0, 0.05) is 22.7 Å². The summed E-state index contributed by atoms with van der Waals surface area (Å²) in [5.41, 5.74) is 3.58. The molecule has 98 valence electrons. The molecule has 0 amide bonds. The number of aromatic amines is 1. The molecule has 3 aromatic rings. The summed E-state index contributed by atoms with van der Waals surface area (Å²) in [6.07, 6.45) is 5.70. The van der Waals surface area contributed by atoms with E-state index in [1.54, 1.807) is 0 Å². The predicted octanol–water partition coefficient (Wildman–Crippen LogP) is 4.06. The molecule has 1 heterocycles. The molecule has 0 saturated carbocycles. The van der Waals surface area contributed by atoms with Gasteiger partial charge in [-0.05, 0) is 17.7 Å². The topological polar surface area (TPSA) is 48.4 Å². The van der Waals surface area contributed by atoms with E-state index in [0.29, 0.717) is 5.71 Å². The Labute approximate surface area is 116 Å². The minimum absolute atomic E-state index is 0.538. The maximum absolute atomic E-state index is 9.15. The zero-order valence-electron chi connectivity index (χ0n) is 10.8. The van der Waals surface area contributed by atoms with Crippen LogP contribution in [0, 0.1) is 0 Å². The van der Waals surface area contributed by atoms with Crippen molar-refractivity contribution < 1.29 is 5.21 Å². The largest absolute Gasteiger partial charge is 0.410 e. The summed E-state index contributed by atoms with van der Waals surface area (Å²) in [7, 11) is 0. The number of aromatic nitrogens is 1. The molecule has 0 unspecified atom stereocenters. The monoisotopic (exact) mass is 262 g/mol. The van der Waals surface area contributed by atoms with Crippen LogP contribution >= 0.6 is 0 Å². The minimum Gasteiger partial charge on any atom is -0.410 e. The maximum Gasteiger partial charge on any atom is 0.109 e. The van der Waals surface area contributed by atoms with Crippen LogP contribution in [0.4, 0.5) is 0 Å². The molecule has 3 heteroatoms. The van der Waals surface area contributed by atoms with Crippen molar-refractivity contribution in [1.29, 1.82) is 0 Å². The highest BCUT2D eigenvalue weighted by molar-refractivity contribution is 6.11. The molecule has 0 fully saturated rings. The van der Waals surface area contributed by atoms with E-state index < -0.39 is 0 Å². The second kappa shape index (κ2) is 5.45. The number of nitrogens with one attached hydrogen (secondary N) is 1. The zero-order chi connectivity index (χ0) is 13.8. The van der Waals surface area contributed by atoms with Crippen LogP contribution in [0.3, 0.4) is 0 Å². The Hall–Kier alpha value is -2.81. The van der Waals surface area contributed by atoms with E-state index >= 15 is 0 Å². The highest BCUT2D eigenvalue weighted by Crippen LogP contribution is 2.19. The summed E-state index contributed by atoms with van der Waals surface area (Å²) in [5.74, 6) is 0. The summed E-state index contributed by atoms with van der Waals surface area (Å²) >= 11 is 0. The third kappa shape index (κ3) is 2.34. The molecular weight excluding hydrogens is 248 g/mol. The first-order valence-electron chi connectivity index (χ1n) is 6.40. The van der Waals surface area contributed by atoms with Gasteiger partial charge in [-0.15, -0.1) is 0 Å². The molecule has 2 N–H and O–H groups in total. The van der Waals surface area contributed by atoms with Gasteiger partial charge in [-0.3, -0.25) is 0 Å². The van der Waals surface area contributed by atoms with Gasteiger partial charge in [0.1, 0.15) is 5.71 Å². The number of H-pyrrole nitrogens is 1. The SMILES string of the molecule is ON=C(/C=C/c1c[nH]c2ccccc12)c1ccccc1. The van der Waals surface area contributed by atoms with Gasteiger partial charge in [-0.1, -0.05) is 59.8 Å². The van der Waals surface area contributed by atoms with Crippen molar-refractivity contribution in [2.75, 3.05) is 0 Å². The zero-order valence-corrected chi connectivity index (χ0v) is 10.8. The third-order valence-corrected chi connectivity index (χ3v) is 3.22. The van der Waals surface area contributed by atoms with Crippen molar-refractivity contribution >= 4 is 22.7 Å². The molecule has 3 nitrogen and oxygen atoms in total. The molecule has 1 aromatic heterocycles. The number of hydrogen-bond donors (Lipinski definition) is 2. The summed E-state index contributed by atoms with van der Waals surface area (Å²) in [4.78, 5) is 3.22. The highest BCUT2D eigenvalue weighted by atomic mass is 16.4. The fourth-order valence-electron chi connectivity index (χ4n) is 2.20. The lowest BCUT2D eigenvalue weighted by molar-refractivity contribution is 0.320. The molecule has 0 bridgehead atoms. The van der Waals surface area contributed by atoms with Crippen LogP contribution in [0.1, 0.15) is 11.1 Å². The molecular formula is C17H14N2O. The Morgan fingerprint density at radius 3 is 2.55 bits per heavy atom. The fraction of sp³-hybridized carbons (Fsp3) is 0. The van der Waals surface area contributed by atoms with Gasteiger partial charge in [-0.2, -0.15) is 0 Å². The minimum atomic E-state index is 0.538. The Balaban J connectivity index is 1.94. The van der Waals surface area contributed by atoms with Crippen molar-refractivity contribution in [1.82, 2.24) is 4.98 Å². The Morgan fingerprint density at radius 1 is 1.00 bits per heavy atom. The molecule has 20 heavy (non-hydrogen) atoms. The fourth-order valence-corrected chi connectivity index (χ4v) is 2.20. The summed E-state index contributed by atoms with van der Waals surface area (Å²) in [6, 6.07) is 17.7. The van der Waals surface area contributed by atoms with Crippen molar-refractivity contribution in [2.24, 2.45) is 5.16 Å². The average Bonchev–Trinajstić information content (AvgIpc) is 2.92. The van der Waals surface area contributed by atoms with E-state index in [4.69, 9.17) is 5.21 Å². The van der Waals surface area contributed by atoms with E-state index in [-0.39, 0.29) is 0 Å². The molecule has 0 saturated heterocycles. The van der Waals surface area contributed by atoms with Crippen LogP contribution in [0.2, 0.25) is 0 Å². The van der Waals surface area contributed by atoms with E-state index in [1.165, 1.54) is 0 Å². The Morgan fingerprint density at radius 2 is 1.75 bits per heavy atom. The predicted molar refractivity (Wildman–Crippen MR) is 82.1 cm³/mol. The Kier molecular flexibility index (Phi) is 3.33. The van der Waals surface area contributed by atoms with Crippen molar-refractivity contribution in [3.05, 3.63) is 78.0 Å². The first kappa shape index (κ1) is 12.2. The quantitative estimate of drug-likeness (QED) is 0.417. The van der Waals surface area contributed by atoms with Crippen LogP contribution in [0.25, 0.3) is 17.0 Å². The van der Waals surface area contributed by atoms with Gasteiger partial charge in [0.05, 0.1) is 0 Å². The molecule has 0 aliphatic carbocycles. The Bertz CT molecular complexity index is 770. The third-order valence-electron chi connectivity index (χ3n) is 3.22. The maximum atomic E-state index is 9.15. The summed E-state index contributed by atoms with van der Waals surface area (Å²) < 4.78 is 0. The van der Waals surface area contributed by atoms with Gasteiger partial charge in [0.15, 0.2) is 0 Å².